The Morgan fingerprint density at radius 2 is 1.83 bits per heavy atom. The number of rotatable bonds is 5. The number of benzene rings is 1. The highest BCUT2D eigenvalue weighted by Gasteiger charge is 2.21. The Balaban J connectivity index is 2.06. The van der Waals surface area contributed by atoms with Crippen molar-refractivity contribution in [1.29, 1.82) is 0 Å². The zero-order valence-corrected chi connectivity index (χ0v) is 11.6. The van der Waals surface area contributed by atoms with Crippen LogP contribution in [0.2, 0.25) is 0 Å². The third-order valence-corrected chi connectivity index (χ3v) is 3.63. The smallest absolute Gasteiger partial charge is 0.0361 e. The third-order valence-electron chi connectivity index (χ3n) is 3.63. The van der Waals surface area contributed by atoms with Gasteiger partial charge in [-0.05, 0) is 32.6 Å². The van der Waals surface area contributed by atoms with Crippen molar-refractivity contribution in [3.63, 3.8) is 0 Å². The van der Waals surface area contributed by atoms with Crippen LogP contribution in [0.5, 0.6) is 0 Å². The van der Waals surface area contributed by atoms with Gasteiger partial charge in [0.2, 0.25) is 0 Å². The lowest BCUT2D eigenvalue weighted by Gasteiger charge is -2.35. The van der Waals surface area contributed by atoms with E-state index in [1.807, 2.05) is 0 Å². The highest BCUT2D eigenvalue weighted by atomic mass is 15.2. The van der Waals surface area contributed by atoms with Crippen molar-refractivity contribution >= 4 is 0 Å². The SMILES string of the molecule is CN(C)CCC(c1ccccc1)N1CCNCC1. The highest BCUT2D eigenvalue weighted by Crippen LogP contribution is 2.24. The summed E-state index contributed by atoms with van der Waals surface area (Å²) < 4.78 is 0. The van der Waals surface area contributed by atoms with Gasteiger partial charge in [0.15, 0.2) is 0 Å². The average molecular weight is 247 g/mol. The summed E-state index contributed by atoms with van der Waals surface area (Å²) >= 11 is 0. The standard InChI is InChI=1S/C15H25N3/c1-17(2)11-8-15(14-6-4-3-5-7-14)18-12-9-16-10-13-18/h3-7,15-16H,8-13H2,1-2H3. The summed E-state index contributed by atoms with van der Waals surface area (Å²) in [6.45, 7) is 5.69. The van der Waals surface area contributed by atoms with Crippen molar-refractivity contribution in [2.75, 3.05) is 46.8 Å². The lowest BCUT2D eigenvalue weighted by Crippen LogP contribution is -2.45. The molecular weight excluding hydrogens is 222 g/mol. The topological polar surface area (TPSA) is 18.5 Å². The molecule has 18 heavy (non-hydrogen) atoms. The quantitative estimate of drug-likeness (QED) is 0.852. The third kappa shape index (κ3) is 3.80. The second-order valence-electron chi connectivity index (χ2n) is 5.30. The van der Waals surface area contributed by atoms with Crippen molar-refractivity contribution in [3.8, 4) is 0 Å². The summed E-state index contributed by atoms with van der Waals surface area (Å²) in [5, 5.41) is 3.43. The predicted octanol–water partition coefficient (Wildman–Crippen LogP) is 1.58. The van der Waals surface area contributed by atoms with Crippen LogP contribution in [0, 0.1) is 0 Å². The summed E-state index contributed by atoms with van der Waals surface area (Å²) in [6.07, 6.45) is 1.21. The molecule has 1 N–H and O–H groups in total. The minimum atomic E-state index is 0.565. The zero-order chi connectivity index (χ0) is 12.8. The molecule has 100 valence electrons. The molecule has 0 radical (unpaired) electrons. The van der Waals surface area contributed by atoms with Gasteiger partial charge in [-0.3, -0.25) is 4.90 Å². The van der Waals surface area contributed by atoms with Gasteiger partial charge >= 0.3 is 0 Å². The second kappa shape index (κ2) is 6.88. The van der Waals surface area contributed by atoms with Gasteiger partial charge in [-0.15, -0.1) is 0 Å². The summed E-state index contributed by atoms with van der Waals surface area (Å²) in [5.74, 6) is 0. The molecule has 0 saturated carbocycles. The summed E-state index contributed by atoms with van der Waals surface area (Å²) in [4.78, 5) is 4.90. The van der Waals surface area contributed by atoms with E-state index in [4.69, 9.17) is 0 Å². The van der Waals surface area contributed by atoms with Gasteiger partial charge in [-0.25, -0.2) is 0 Å². The molecule has 1 unspecified atom stereocenters. The van der Waals surface area contributed by atoms with Crippen LogP contribution in [-0.2, 0) is 0 Å². The van der Waals surface area contributed by atoms with Crippen LogP contribution in [0.3, 0.4) is 0 Å². The van der Waals surface area contributed by atoms with E-state index in [2.05, 4.69) is 59.5 Å². The number of nitrogens with zero attached hydrogens (tertiary/aromatic N) is 2. The maximum absolute atomic E-state index is 3.43. The van der Waals surface area contributed by atoms with E-state index in [1.165, 1.54) is 12.0 Å². The summed E-state index contributed by atoms with van der Waals surface area (Å²) in [7, 11) is 4.31. The van der Waals surface area contributed by atoms with Crippen molar-refractivity contribution in [3.05, 3.63) is 35.9 Å². The maximum atomic E-state index is 3.43. The molecule has 0 amide bonds. The van der Waals surface area contributed by atoms with E-state index < -0.39 is 0 Å². The molecule has 3 heteroatoms. The van der Waals surface area contributed by atoms with Gasteiger partial charge in [0.25, 0.3) is 0 Å². The van der Waals surface area contributed by atoms with Gasteiger partial charge in [-0.1, -0.05) is 30.3 Å². The van der Waals surface area contributed by atoms with Crippen molar-refractivity contribution in [2.24, 2.45) is 0 Å². The largest absolute Gasteiger partial charge is 0.314 e. The molecule has 1 aliphatic heterocycles. The predicted molar refractivity (Wildman–Crippen MR) is 76.8 cm³/mol. The molecule has 0 aliphatic carbocycles. The molecule has 0 aromatic heterocycles. The van der Waals surface area contributed by atoms with Crippen LogP contribution in [0.1, 0.15) is 18.0 Å². The Morgan fingerprint density at radius 1 is 1.17 bits per heavy atom. The molecule has 1 aliphatic rings. The Bertz CT molecular complexity index is 331. The van der Waals surface area contributed by atoms with Gasteiger partial charge in [0.1, 0.15) is 0 Å². The van der Waals surface area contributed by atoms with Gasteiger partial charge in [-0.2, -0.15) is 0 Å². The first-order valence-electron chi connectivity index (χ1n) is 6.92. The molecule has 2 rings (SSSR count). The first kappa shape index (κ1) is 13.5. The van der Waals surface area contributed by atoms with E-state index in [9.17, 15) is 0 Å². The first-order chi connectivity index (χ1) is 8.77. The molecule has 0 spiro atoms. The van der Waals surface area contributed by atoms with E-state index in [1.54, 1.807) is 0 Å². The Kier molecular flexibility index (Phi) is 5.17. The molecule has 1 fully saturated rings. The van der Waals surface area contributed by atoms with Crippen LogP contribution in [0.4, 0.5) is 0 Å². The van der Waals surface area contributed by atoms with Gasteiger partial charge < -0.3 is 10.2 Å². The molecule has 1 aromatic rings. The lowest BCUT2D eigenvalue weighted by atomic mass is 10.0. The lowest BCUT2D eigenvalue weighted by molar-refractivity contribution is 0.156. The van der Waals surface area contributed by atoms with E-state index in [-0.39, 0.29) is 0 Å². The molecule has 1 aromatic carbocycles. The average Bonchev–Trinajstić information content (AvgIpc) is 2.41. The Labute approximate surface area is 111 Å². The number of hydrogen-bond acceptors (Lipinski definition) is 3. The fourth-order valence-electron chi connectivity index (χ4n) is 2.61. The maximum Gasteiger partial charge on any atom is 0.0361 e. The van der Waals surface area contributed by atoms with E-state index >= 15 is 0 Å². The minimum Gasteiger partial charge on any atom is -0.314 e. The molecule has 1 atom stereocenters. The van der Waals surface area contributed by atoms with Crippen LogP contribution >= 0.6 is 0 Å². The van der Waals surface area contributed by atoms with Crippen LogP contribution in [-0.4, -0.2) is 56.6 Å². The monoisotopic (exact) mass is 247 g/mol. The molecule has 0 bridgehead atoms. The van der Waals surface area contributed by atoms with E-state index in [0.29, 0.717) is 6.04 Å². The highest BCUT2D eigenvalue weighted by molar-refractivity contribution is 5.19. The fraction of sp³-hybridized carbons (Fsp3) is 0.600. The summed E-state index contributed by atoms with van der Waals surface area (Å²) in [6, 6.07) is 11.5. The van der Waals surface area contributed by atoms with Crippen LogP contribution in [0.25, 0.3) is 0 Å². The first-order valence-corrected chi connectivity index (χ1v) is 6.92. The Hall–Kier alpha value is -0.900. The number of nitrogens with one attached hydrogen (secondary N) is 1. The Morgan fingerprint density at radius 3 is 2.44 bits per heavy atom. The minimum absolute atomic E-state index is 0.565. The zero-order valence-electron chi connectivity index (χ0n) is 11.6. The van der Waals surface area contributed by atoms with Crippen molar-refractivity contribution < 1.29 is 0 Å². The van der Waals surface area contributed by atoms with Crippen LogP contribution in [0.15, 0.2) is 30.3 Å². The molecule has 3 nitrogen and oxygen atoms in total. The number of piperazine rings is 1. The van der Waals surface area contributed by atoms with Gasteiger partial charge in [0.05, 0.1) is 0 Å². The molecule has 1 saturated heterocycles. The normalized spacial score (nSPS) is 19.1. The molecule has 1 heterocycles. The van der Waals surface area contributed by atoms with Crippen molar-refractivity contribution in [1.82, 2.24) is 15.1 Å². The van der Waals surface area contributed by atoms with Crippen molar-refractivity contribution in [2.45, 2.75) is 12.5 Å². The summed E-state index contributed by atoms with van der Waals surface area (Å²) in [5.41, 5.74) is 1.46. The second-order valence-corrected chi connectivity index (χ2v) is 5.30. The fourth-order valence-corrected chi connectivity index (χ4v) is 2.61. The molecular formula is C15H25N3. The van der Waals surface area contributed by atoms with Gasteiger partial charge in [0, 0.05) is 32.2 Å². The number of hydrogen-bond donors (Lipinski definition) is 1. The van der Waals surface area contributed by atoms with E-state index in [0.717, 1.165) is 32.7 Å². The van der Waals surface area contributed by atoms with Crippen LogP contribution < -0.4 is 5.32 Å².